The minimum absolute atomic E-state index is 0.0746. The van der Waals surface area contributed by atoms with Crippen molar-refractivity contribution >= 4 is 41.0 Å². The molecule has 1 fully saturated rings. The van der Waals surface area contributed by atoms with E-state index in [1.165, 1.54) is 14.2 Å². The molecule has 1 unspecified atom stereocenters. The lowest BCUT2D eigenvalue weighted by molar-refractivity contribution is -0.137. The Morgan fingerprint density at radius 2 is 1.59 bits per heavy atom. The van der Waals surface area contributed by atoms with E-state index in [0.717, 1.165) is 0 Å². The van der Waals surface area contributed by atoms with Crippen LogP contribution in [0.2, 0.25) is 10.0 Å². The number of nitrogens with one attached hydrogen (secondary N) is 2. The molecule has 2 aliphatic rings. The third-order valence-electron chi connectivity index (χ3n) is 5.54. The summed E-state index contributed by atoms with van der Waals surface area (Å²) in [4.78, 5) is 40.5. The van der Waals surface area contributed by atoms with E-state index in [2.05, 4.69) is 10.6 Å². The summed E-state index contributed by atoms with van der Waals surface area (Å²) in [6, 6.07) is 4.91. The first-order valence-corrected chi connectivity index (χ1v) is 10.9. The Morgan fingerprint density at radius 3 is 2.16 bits per heavy atom. The quantitative estimate of drug-likeness (QED) is 0.623. The van der Waals surface area contributed by atoms with Gasteiger partial charge in [0.1, 0.15) is 0 Å². The zero-order valence-electron chi connectivity index (χ0n) is 18.1. The molecule has 172 valence electrons. The van der Waals surface area contributed by atoms with Crippen molar-refractivity contribution < 1.29 is 23.9 Å². The van der Waals surface area contributed by atoms with Gasteiger partial charge in [-0.1, -0.05) is 29.3 Å². The van der Waals surface area contributed by atoms with Gasteiger partial charge in [-0.2, -0.15) is 0 Å². The van der Waals surface area contributed by atoms with Crippen LogP contribution in [-0.4, -0.2) is 63.1 Å². The maximum absolute atomic E-state index is 13.0. The molecule has 1 aromatic rings. The van der Waals surface area contributed by atoms with Gasteiger partial charge in [0.2, 0.25) is 5.91 Å². The monoisotopic (exact) mass is 481 g/mol. The minimum atomic E-state index is -0.969. The number of rotatable bonds is 5. The Morgan fingerprint density at radius 1 is 1.03 bits per heavy atom. The van der Waals surface area contributed by atoms with Crippen LogP contribution in [0.3, 0.4) is 0 Å². The number of hydrogen-bond donors (Lipinski definition) is 2. The van der Waals surface area contributed by atoms with Gasteiger partial charge in [-0.3, -0.25) is 4.79 Å². The van der Waals surface area contributed by atoms with E-state index < -0.39 is 17.9 Å². The van der Waals surface area contributed by atoms with Crippen LogP contribution in [0.5, 0.6) is 0 Å². The summed E-state index contributed by atoms with van der Waals surface area (Å²) in [7, 11) is 2.48. The summed E-state index contributed by atoms with van der Waals surface area (Å²) in [6.07, 6.45) is -0.0746. The number of hydrogen-bond acceptors (Lipinski definition) is 7. The van der Waals surface area contributed by atoms with Gasteiger partial charge < -0.3 is 25.0 Å². The van der Waals surface area contributed by atoms with Crippen molar-refractivity contribution in [3.8, 4) is 0 Å². The van der Waals surface area contributed by atoms with Crippen molar-refractivity contribution in [2.45, 2.75) is 19.3 Å². The van der Waals surface area contributed by atoms with E-state index in [9.17, 15) is 14.4 Å². The summed E-state index contributed by atoms with van der Waals surface area (Å²) in [5.41, 5.74) is 1.41. The first-order chi connectivity index (χ1) is 15.3. The standard InChI is InChI=1S/C22H25Cl2N3O5/c1-12-17(21(29)31-2)20(18-13(23)5-4-6-14(18)24)19(22(30)32-3)15(26-12)11-16(28)27-9-7-25-8-10-27/h4-6,20,25-26H,7-11H2,1-3H3. The summed E-state index contributed by atoms with van der Waals surface area (Å²) >= 11 is 13.0. The molecule has 0 saturated carbocycles. The van der Waals surface area contributed by atoms with Crippen molar-refractivity contribution in [3.05, 3.63) is 56.3 Å². The molecule has 8 nitrogen and oxygen atoms in total. The van der Waals surface area contributed by atoms with Crippen LogP contribution in [0.25, 0.3) is 0 Å². The van der Waals surface area contributed by atoms with Gasteiger partial charge in [0.15, 0.2) is 0 Å². The van der Waals surface area contributed by atoms with Crippen LogP contribution in [0.1, 0.15) is 24.8 Å². The van der Waals surface area contributed by atoms with Crippen LogP contribution in [0, 0.1) is 0 Å². The van der Waals surface area contributed by atoms with Gasteiger partial charge in [0.05, 0.1) is 37.7 Å². The van der Waals surface area contributed by atoms with E-state index in [1.54, 1.807) is 30.0 Å². The number of nitrogens with zero attached hydrogens (tertiary/aromatic N) is 1. The molecule has 0 bridgehead atoms. The molecule has 0 aliphatic carbocycles. The van der Waals surface area contributed by atoms with Gasteiger partial charge in [-0.15, -0.1) is 0 Å². The molecular formula is C22H25Cl2N3O5. The Balaban J connectivity index is 2.17. The molecule has 0 aromatic heterocycles. The highest BCUT2D eigenvalue weighted by atomic mass is 35.5. The normalized spacial score (nSPS) is 18.9. The lowest BCUT2D eigenvalue weighted by atomic mass is 9.79. The van der Waals surface area contributed by atoms with Crippen LogP contribution < -0.4 is 10.6 Å². The number of piperazine rings is 1. The summed E-state index contributed by atoms with van der Waals surface area (Å²) in [5.74, 6) is -2.46. The molecular weight excluding hydrogens is 457 g/mol. The molecule has 32 heavy (non-hydrogen) atoms. The first-order valence-electron chi connectivity index (χ1n) is 10.1. The highest BCUT2D eigenvalue weighted by molar-refractivity contribution is 6.36. The SMILES string of the molecule is COC(=O)C1=C(C)NC(CC(=O)N2CCNCC2)=C(C(=O)OC)C1c1c(Cl)cccc1Cl. The van der Waals surface area contributed by atoms with Gasteiger partial charge in [-0.05, 0) is 19.1 Å². The van der Waals surface area contributed by atoms with Crippen LogP contribution in [-0.2, 0) is 23.9 Å². The fraction of sp³-hybridized carbons (Fsp3) is 0.409. The zero-order valence-corrected chi connectivity index (χ0v) is 19.6. The average molecular weight is 482 g/mol. The lowest BCUT2D eigenvalue weighted by Gasteiger charge is -2.33. The predicted octanol–water partition coefficient (Wildman–Crippen LogP) is 2.38. The Kier molecular flexibility index (Phi) is 7.82. The fourth-order valence-electron chi connectivity index (χ4n) is 4.02. The second-order valence-electron chi connectivity index (χ2n) is 7.41. The van der Waals surface area contributed by atoms with Crippen molar-refractivity contribution in [3.63, 3.8) is 0 Å². The van der Waals surface area contributed by atoms with Crippen molar-refractivity contribution in [1.82, 2.24) is 15.5 Å². The maximum atomic E-state index is 13.0. The van der Waals surface area contributed by atoms with E-state index in [4.69, 9.17) is 32.7 Å². The second kappa shape index (κ2) is 10.4. The summed E-state index contributed by atoms with van der Waals surface area (Å²) < 4.78 is 10.0. The van der Waals surface area contributed by atoms with Crippen molar-refractivity contribution in [2.24, 2.45) is 0 Å². The van der Waals surface area contributed by atoms with E-state index in [0.29, 0.717) is 43.1 Å². The van der Waals surface area contributed by atoms with E-state index in [1.807, 2.05) is 0 Å². The molecule has 10 heteroatoms. The molecule has 1 amide bonds. The van der Waals surface area contributed by atoms with E-state index >= 15 is 0 Å². The summed E-state index contributed by atoms with van der Waals surface area (Å²) in [5, 5.41) is 6.80. The molecule has 0 spiro atoms. The van der Waals surface area contributed by atoms with Crippen molar-refractivity contribution in [1.29, 1.82) is 0 Å². The van der Waals surface area contributed by atoms with Crippen LogP contribution >= 0.6 is 23.2 Å². The fourth-order valence-corrected chi connectivity index (χ4v) is 4.64. The number of esters is 2. The highest BCUT2D eigenvalue weighted by Crippen LogP contribution is 2.45. The average Bonchev–Trinajstić information content (AvgIpc) is 2.78. The Bertz CT molecular complexity index is 979. The summed E-state index contributed by atoms with van der Waals surface area (Å²) in [6.45, 7) is 4.22. The first kappa shape index (κ1) is 24.1. The van der Waals surface area contributed by atoms with Crippen molar-refractivity contribution in [2.75, 3.05) is 40.4 Å². The lowest BCUT2D eigenvalue weighted by Crippen LogP contribution is -2.47. The number of halogens is 2. The molecule has 0 radical (unpaired) electrons. The number of carbonyl (C=O) groups is 3. The number of methoxy groups -OCH3 is 2. The Labute approximate surface area is 196 Å². The number of ether oxygens (including phenoxy) is 2. The minimum Gasteiger partial charge on any atom is -0.466 e. The van der Waals surface area contributed by atoms with Crippen LogP contribution in [0.4, 0.5) is 0 Å². The molecule has 1 atom stereocenters. The molecule has 2 heterocycles. The van der Waals surface area contributed by atoms with Gasteiger partial charge >= 0.3 is 11.9 Å². The topological polar surface area (TPSA) is 97.0 Å². The second-order valence-corrected chi connectivity index (χ2v) is 8.23. The molecule has 1 saturated heterocycles. The zero-order chi connectivity index (χ0) is 23.4. The smallest absolute Gasteiger partial charge is 0.336 e. The third kappa shape index (κ3) is 4.77. The van der Waals surface area contributed by atoms with Gasteiger partial charge in [0.25, 0.3) is 0 Å². The number of amides is 1. The van der Waals surface area contributed by atoms with Gasteiger partial charge in [-0.25, -0.2) is 9.59 Å². The van der Waals surface area contributed by atoms with E-state index in [-0.39, 0.29) is 33.5 Å². The number of dihydropyridines is 1. The third-order valence-corrected chi connectivity index (χ3v) is 6.20. The predicted molar refractivity (Wildman–Crippen MR) is 120 cm³/mol. The van der Waals surface area contributed by atoms with Crippen LogP contribution in [0.15, 0.2) is 40.7 Å². The molecule has 2 N–H and O–H groups in total. The number of benzene rings is 1. The molecule has 3 rings (SSSR count). The number of carbonyl (C=O) groups excluding carboxylic acids is 3. The Hall–Kier alpha value is -2.55. The largest absolute Gasteiger partial charge is 0.466 e. The number of allylic oxidation sites excluding steroid dienone is 1. The maximum Gasteiger partial charge on any atom is 0.336 e. The van der Waals surface area contributed by atoms with Gasteiger partial charge in [0, 0.05) is 53.2 Å². The molecule has 2 aliphatic heterocycles. The highest BCUT2D eigenvalue weighted by Gasteiger charge is 2.41. The molecule has 1 aromatic carbocycles.